The summed E-state index contributed by atoms with van der Waals surface area (Å²) in [4.78, 5) is 18.1. The predicted octanol–water partition coefficient (Wildman–Crippen LogP) is 3.52. The molecule has 0 radical (unpaired) electrons. The monoisotopic (exact) mass is 359 g/mol. The van der Waals surface area contributed by atoms with Crippen molar-refractivity contribution in [3.63, 3.8) is 0 Å². The Hall–Kier alpha value is -1.98. The van der Waals surface area contributed by atoms with E-state index in [2.05, 4.69) is 4.98 Å². The Balaban J connectivity index is 2.10. The molecular weight excluding hydrogens is 344 g/mol. The van der Waals surface area contributed by atoms with E-state index in [9.17, 15) is 9.90 Å². The highest BCUT2D eigenvalue weighted by atomic mass is 35.5. The smallest absolute Gasteiger partial charge is 0.316 e. The van der Waals surface area contributed by atoms with Gasteiger partial charge in [0.05, 0.1) is 11.1 Å². The van der Waals surface area contributed by atoms with Crippen LogP contribution in [-0.4, -0.2) is 26.2 Å². The van der Waals surface area contributed by atoms with Crippen LogP contribution >= 0.6 is 11.6 Å². The van der Waals surface area contributed by atoms with Crippen LogP contribution in [0.25, 0.3) is 16.7 Å². The van der Waals surface area contributed by atoms with Crippen molar-refractivity contribution in [1.29, 1.82) is 0 Å². The van der Waals surface area contributed by atoms with Crippen molar-refractivity contribution in [2.45, 2.75) is 17.7 Å². The lowest BCUT2D eigenvalue weighted by atomic mass is 10.2. The molecule has 2 aromatic heterocycles. The fourth-order valence-corrected chi connectivity index (χ4v) is 5.78. The third-order valence-corrected chi connectivity index (χ3v) is 7.00. The Bertz CT molecular complexity index is 980. The largest absolute Gasteiger partial charge is 0.503 e. The van der Waals surface area contributed by atoms with Gasteiger partial charge >= 0.3 is 5.56 Å². The topological polar surface area (TPSA) is 55.1 Å². The molecule has 24 heavy (non-hydrogen) atoms. The minimum absolute atomic E-state index is 0.0895. The number of hydrogen-bond donors (Lipinski definition) is 1. The number of hydrogen-bond acceptors (Lipinski definition) is 3. The number of rotatable bonds is 2. The fraction of sp³-hybridized carbons (Fsp3) is 0.222. The first-order valence-corrected chi connectivity index (χ1v) is 9.77. The lowest BCUT2D eigenvalue weighted by molar-refractivity contribution is 0.465. The molecule has 4 nitrogen and oxygen atoms in total. The lowest BCUT2D eigenvalue weighted by Crippen LogP contribution is -2.26. The molecule has 4 rings (SSSR count). The molecule has 1 saturated heterocycles. The maximum absolute atomic E-state index is 13.2. The van der Waals surface area contributed by atoms with E-state index in [4.69, 9.17) is 11.6 Å². The molecule has 122 valence electrons. The number of halogens is 1. The van der Waals surface area contributed by atoms with E-state index in [0.29, 0.717) is 26.6 Å². The molecular formula is C18H16ClN2O2S+. The average Bonchev–Trinajstić information content (AvgIpc) is 3.09. The van der Waals surface area contributed by atoms with E-state index in [1.54, 1.807) is 35.0 Å². The average molecular weight is 360 g/mol. The summed E-state index contributed by atoms with van der Waals surface area (Å²) in [5.41, 5.74) is 0.931. The van der Waals surface area contributed by atoms with Crippen molar-refractivity contribution in [3.8, 4) is 11.4 Å². The van der Waals surface area contributed by atoms with Crippen LogP contribution in [0, 0.1) is 0 Å². The van der Waals surface area contributed by atoms with E-state index in [0.717, 1.165) is 24.3 Å². The number of aromatic hydroxyl groups is 1. The van der Waals surface area contributed by atoms with Gasteiger partial charge in [-0.15, -0.1) is 0 Å². The highest BCUT2D eigenvalue weighted by Crippen LogP contribution is 2.33. The van der Waals surface area contributed by atoms with Crippen molar-refractivity contribution < 1.29 is 5.11 Å². The molecule has 0 amide bonds. The summed E-state index contributed by atoms with van der Waals surface area (Å²) < 4.78 is 1.57. The van der Waals surface area contributed by atoms with Gasteiger partial charge in [0, 0.05) is 22.1 Å². The summed E-state index contributed by atoms with van der Waals surface area (Å²) in [5, 5.41) is 11.9. The summed E-state index contributed by atoms with van der Waals surface area (Å²) in [6.07, 6.45) is 3.83. The van der Waals surface area contributed by atoms with E-state index in [1.807, 2.05) is 12.1 Å². The van der Waals surface area contributed by atoms with Crippen molar-refractivity contribution in [1.82, 2.24) is 9.55 Å². The lowest BCUT2D eigenvalue weighted by Gasteiger charge is -2.13. The third kappa shape index (κ3) is 2.48. The maximum atomic E-state index is 13.2. The third-order valence-electron chi connectivity index (χ3n) is 4.25. The van der Waals surface area contributed by atoms with E-state index < -0.39 is 0 Å². The van der Waals surface area contributed by atoms with Gasteiger partial charge in [0.25, 0.3) is 4.90 Å². The first-order valence-electron chi connectivity index (χ1n) is 7.83. The molecule has 1 aromatic carbocycles. The zero-order valence-electron chi connectivity index (χ0n) is 12.9. The molecule has 3 aromatic rings. The van der Waals surface area contributed by atoms with Gasteiger partial charge in [-0.2, -0.15) is 0 Å². The first-order chi connectivity index (χ1) is 11.7. The number of benzene rings is 1. The van der Waals surface area contributed by atoms with Crippen molar-refractivity contribution >= 4 is 33.5 Å². The Labute approximate surface area is 147 Å². The maximum Gasteiger partial charge on any atom is 0.316 e. The molecule has 6 heteroatoms. The van der Waals surface area contributed by atoms with Gasteiger partial charge in [0.15, 0.2) is 11.4 Å². The van der Waals surface area contributed by atoms with Crippen molar-refractivity contribution in [2.24, 2.45) is 0 Å². The van der Waals surface area contributed by atoms with Crippen LogP contribution in [0.4, 0.5) is 0 Å². The van der Waals surface area contributed by atoms with Crippen LogP contribution in [0.5, 0.6) is 5.75 Å². The zero-order chi connectivity index (χ0) is 16.7. The normalized spacial score (nSPS) is 15.2. The molecule has 0 bridgehead atoms. The van der Waals surface area contributed by atoms with Crippen LogP contribution in [0.15, 0.2) is 52.3 Å². The molecule has 1 N–H and O–H groups in total. The number of aromatic nitrogens is 2. The molecule has 1 fully saturated rings. The molecule has 1 aliphatic heterocycles. The van der Waals surface area contributed by atoms with Crippen LogP contribution in [0.1, 0.15) is 12.8 Å². The van der Waals surface area contributed by atoms with Crippen molar-refractivity contribution in [3.05, 3.63) is 58.0 Å². The Morgan fingerprint density at radius 2 is 1.96 bits per heavy atom. The second kappa shape index (κ2) is 6.15. The molecule has 0 spiro atoms. The van der Waals surface area contributed by atoms with Crippen LogP contribution in [0.3, 0.4) is 0 Å². The summed E-state index contributed by atoms with van der Waals surface area (Å²) in [6.45, 7) is 0. The van der Waals surface area contributed by atoms with E-state index in [1.165, 1.54) is 0 Å². The first kappa shape index (κ1) is 15.5. The van der Waals surface area contributed by atoms with Crippen LogP contribution < -0.4 is 5.56 Å². The highest BCUT2D eigenvalue weighted by molar-refractivity contribution is 7.97. The summed E-state index contributed by atoms with van der Waals surface area (Å²) in [6, 6.07) is 10.7. The van der Waals surface area contributed by atoms with Crippen LogP contribution in [0.2, 0.25) is 5.02 Å². The zero-order valence-corrected chi connectivity index (χ0v) is 14.5. The van der Waals surface area contributed by atoms with Gasteiger partial charge < -0.3 is 5.11 Å². The second-order valence-corrected chi connectivity index (χ2v) is 8.43. The van der Waals surface area contributed by atoms with Gasteiger partial charge in [-0.1, -0.05) is 17.7 Å². The molecule has 3 heterocycles. The van der Waals surface area contributed by atoms with E-state index in [-0.39, 0.29) is 22.2 Å². The van der Waals surface area contributed by atoms with Gasteiger partial charge in [0.2, 0.25) is 0 Å². The minimum Gasteiger partial charge on any atom is -0.503 e. The van der Waals surface area contributed by atoms with Gasteiger partial charge in [-0.3, -0.25) is 9.36 Å². The van der Waals surface area contributed by atoms with Gasteiger partial charge in [0.1, 0.15) is 11.5 Å². The minimum atomic E-state index is -0.203. The Morgan fingerprint density at radius 3 is 2.71 bits per heavy atom. The summed E-state index contributed by atoms with van der Waals surface area (Å²) >= 11 is 6.11. The summed E-state index contributed by atoms with van der Waals surface area (Å²) in [5.74, 6) is 2.01. The van der Waals surface area contributed by atoms with Gasteiger partial charge in [-0.05, 0) is 43.2 Å². The molecule has 0 saturated carbocycles. The quantitative estimate of drug-likeness (QED) is 0.712. The molecule has 0 aliphatic carbocycles. The molecule has 0 unspecified atom stereocenters. The molecule has 0 atom stereocenters. The standard InChI is InChI=1S/C18H15ClN2O2S/c19-12-5-3-6-13(11-12)21-17-14(7-4-8-20-17)15(22)16(18(21)23)24-9-1-2-10-24/h3-8,11H,1-2,9-10H2/p+1. The molecule has 1 aliphatic rings. The highest BCUT2D eigenvalue weighted by Gasteiger charge is 2.35. The Kier molecular flexibility index (Phi) is 3.98. The van der Waals surface area contributed by atoms with Gasteiger partial charge in [-0.25, -0.2) is 4.98 Å². The van der Waals surface area contributed by atoms with E-state index >= 15 is 0 Å². The predicted molar refractivity (Wildman–Crippen MR) is 98.6 cm³/mol. The number of pyridine rings is 2. The SMILES string of the molecule is O=c1c([S+]2CCCC2)c(O)c2cccnc2n1-c1cccc(Cl)c1. The number of fused-ring (bicyclic) bond motifs is 1. The second-order valence-electron chi connectivity index (χ2n) is 5.78. The number of nitrogens with zero attached hydrogens (tertiary/aromatic N) is 2. The van der Waals surface area contributed by atoms with Crippen LogP contribution in [-0.2, 0) is 10.9 Å². The Morgan fingerprint density at radius 1 is 1.17 bits per heavy atom. The summed E-state index contributed by atoms with van der Waals surface area (Å²) in [7, 11) is -0.203. The van der Waals surface area contributed by atoms with Crippen molar-refractivity contribution in [2.75, 3.05) is 11.5 Å². The fourth-order valence-electron chi connectivity index (χ4n) is 3.16.